The van der Waals surface area contributed by atoms with E-state index in [1.165, 1.54) is 0 Å². The molecule has 0 heterocycles. The molecule has 0 fully saturated rings. The number of ether oxygens (including phenoxy) is 2. The quantitative estimate of drug-likeness (QED) is 0.504. The number of nitro benzene ring substituents is 2. The second-order valence-electron chi connectivity index (χ2n) is 3.67. The predicted molar refractivity (Wildman–Crippen MR) is 66.0 cm³/mol. The van der Waals surface area contributed by atoms with Crippen LogP contribution >= 0.6 is 0 Å². The first kappa shape index (κ1) is 16.6. The molecule has 22 heavy (non-hydrogen) atoms. The Morgan fingerprint density at radius 3 is 1.55 bits per heavy atom. The third-order valence-electron chi connectivity index (χ3n) is 2.14. The summed E-state index contributed by atoms with van der Waals surface area (Å²) in [5, 5.41) is 38.6. The van der Waals surface area contributed by atoms with E-state index in [1.54, 1.807) is 0 Å². The summed E-state index contributed by atoms with van der Waals surface area (Å²) in [7, 11) is 0. The van der Waals surface area contributed by atoms with E-state index in [2.05, 4.69) is 9.47 Å². The monoisotopic (exact) mass is 316 g/mol. The molecule has 0 aromatic heterocycles. The Labute approximate surface area is 120 Å². The molecule has 1 aromatic rings. The van der Waals surface area contributed by atoms with Gasteiger partial charge in [-0.15, -0.1) is 0 Å². The van der Waals surface area contributed by atoms with Gasteiger partial charge in [0, 0.05) is 6.07 Å². The lowest BCUT2D eigenvalue weighted by Gasteiger charge is -2.08. The molecule has 0 amide bonds. The molecule has 0 saturated carbocycles. The number of hydrogen-bond acceptors (Lipinski definition) is 8. The highest BCUT2D eigenvalue weighted by Crippen LogP contribution is 2.39. The van der Waals surface area contributed by atoms with Gasteiger partial charge in [0.1, 0.15) is 6.07 Å². The summed E-state index contributed by atoms with van der Waals surface area (Å²) >= 11 is 0. The predicted octanol–water partition coefficient (Wildman–Crippen LogP) is 0.430. The molecule has 0 aliphatic rings. The van der Waals surface area contributed by atoms with E-state index in [0.29, 0.717) is 12.1 Å². The Morgan fingerprint density at radius 1 is 0.909 bits per heavy atom. The van der Waals surface area contributed by atoms with Gasteiger partial charge in [-0.3, -0.25) is 20.2 Å². The van der Waals surface area contributed by atoms with E-state index >= 15 is 0 Å². The lowest BCUT2D eigenvalue weighted by Crippen LogP contribution is -2.13. The van der Waals surface area contributed by atoms with Crippen molar-refractivity contribution >= 4 is 23.3 Å². The van der Waals surface area contributed by atoms with Gasteiger partial charge in [-0.1, -0.05) is 0 Å². The second-order valence-corrected chi connectivity index (χ2v) is 3.67. The number of carboxylic acids is 2. The molecule has 118 valence electrons. The van der Waals surface area contributed by atoms with Crippen LogP contribution in [0.1, 0.15) is 0 Å². The highest BCUT2D eigenvalue weighted by molar-refractivity contribution is 5.70. The Hall–Kier alpha value is -3.44. The van der Waals surface area contributed by atoms with Gasteiger partial charge in [0.25, 0.3) is 0 Å². The molecule has 1 aromatic carbocycles. The third-order valence-corrected chi connectivity index (χ3v) is 2.14. The van der Waals surface area contributed by atoms with Crippen LogP contribution in [0.15, 0.2) is 12.1 Å². The zero-order valence-electron chi connectivity index (χ0n) is 10.6. The number of carbonyl (C=O) groups is 2. The van der Waals surface area contributed by atoms with Crippen molar-refractivity contribution in [2.75, 3.05) is 13.2 Å². The molecule has 0 spiro atoms. The van der Waals surface area contributed by atoms with Crippen LogP contribution in [0.4, 0.5) is 11.4 Å². The minimum Gasteiger partial charge on any atom is -0.479 e. The molecule has 12 heteroatoms. The summed E-state index contributed by atoms with van der Waals surface area (Å²) in [4.78, 5) is 40.5. The SMILES string of the molecule is O=C(O)COc1cc(OCC(=O)O)c([N+](=O)[O-])cc1[N+](=O)[O-]. The van der Waals surface area contributed by atoms with E-state index in [-0.39, 0.29) is 0 Å². The zero-order chi connectivity index (χ0) is 16.9. The molecular formula is C10H8N2O10. The molecule has 0 atom stereocenters. The van der Waals surface area contributed by atoms with Crippen molar-refractivity contribution in [3.8, 4) is 11.5 Å². The average Bonchev–Trinajstić information content (AvgIpc) is 2.41. The molecule has 12 nitrogen and oxygen atoms in total. The lowest BCUT2D eigenvalue weighted by molar-refractivity contribution is -0.395. The van der Waals surface area contributed by atoms with Crippen molar-refractivity contribution in [3.05, 3.63) is 32.4 Å². The summed E-state index contributed by atoms with van der Waals surface area (Å²) < 4.78 is 9.30. The topological polar surface area (TPSA) is 179 Å². The molecule has 0 bridgehead atoms. The van der Waals surface area contributed by atoms with Crippen molar-refractivity contribution in [3.63, 3.8) is 0 Å². The standard InChI is InChI=1S/C10H8N2O10/c13-9(14)3-21-7-2-8(22-4-10(15)16)6(12(19)20)1-5(7)11(17)18/h1-2H,3-4H2,(H,13,14)(H,15,16). The first-order valence-electron chi connectivity index (χ1n) is 5.38. The van der Waals surface area contributed by atoms with Gasteiger partial charge in [0.05, 0.1) is 9.85 Å². The van der Waals surface area contributed by atoms with Gasteiger partial charge >= 0.3 is 23.3 Å². The van der Waals surface area contributed by atoms with Crippen molar-refractivity contribution in [1.29, 1.82) is 0 Å². The minimum absolute atomic E-state index is 0.494. The fraction of sp³-hybridized carbons (Fsp3) is 0.200. The normalized spacial score (nSPS) is 9.82. The summed E-state index contributed by atoms with van der Waals surface area (Å²) in [6, 6.07) is 1.19. The van der Waals surface area contributed by atoms with Crippen molar-refractivity contribution < 1.29 is 39.1 Å². The van der Waals surface area contributed by atoms with Crippen LogP contribution in [0.2, 0.25) is 0 Å². The Bertz CT molecular complexity index is 590. The van der Waals surface area contributed by atoms with Gasteiger partial charge in [-0.25, -0.2) is 9.59 Å². The van der Waals surface area contributed by atoms with Crippen molar-refractivity contribution in [2.24, 2.45) is 0 Å². The Kier molecular flexibility index (Phi) is 5.16. The van der Waals surface area contributed by atoms with Crippen LogP contribution in [-0.4, -0.2) is 45.2 Å². The van der Waals surface area contributed by atoms with Crippen LogP contribution in [0.25, 0.3) is 0 Å². The molecule has 2 N–H and O–H groups in total. The number of nitrogens with zero attached hydrogens (tertiary/aromatic N) is 2. The molecular weight excluding hydrogens is 308 g/mol. The molecule has 0 aliphatic heterocycles. The van der Waals surface area contributed by atoms with Crippen molar-refractivity contribution in [2.45, 2.75) is 0 Å². The smallest absolute Gasteiger partial charge is 0.341 e. The fourth-order valence-electron chi connectivity index (χ4n) is 1.33. The molecule has 0 aliphatic carbocycles. The van der Waals surface area contributed by atoms with Gasteiger partial charge in [0.2, 0.25) is 11.5 Å². The highest BCUT2D eigenvalue weighted by Gasteiger charge is 2.27. The third kappa shape index (κ3) is 4.29. The molecule has 0 saturated heterocycles. The van der Waals surface area contributed by atoms with Crippen molar-refractivity contribution in [1.82, 2.24) is 0 Å². The second kappa shape index (κ2) is 6.83. The van der Waals surface area contributed by atoms with Gasteiger partial charge in [-0.2, -0.15) is 0 Å². The fourth-order valence-corrected chi connectivity index (χ4v) is 1.33. The first-order chi connectivity index (χ1) is 10.2. The van der Waals surface area contributed by atoms with Crippen LogP contribution in [0, 0.1) is 20.2 Å². The van der Waals surface area contributed by atoms with Crippen LogP contribution < -0.4 is 9.47 Å². The van der Waals surface area contributed by atoms with E-state index in [1.807, 2.05) is 0 Å². The first-order valence-corrected chi connectivity index (χ1v) is 5.38. The highest BCUT2D eigenvalue weighted by atomic mass is 16.6. The average molecular weight is 316 g/mol. The maximum Gasteiger partial charge on any atom is 0.341 e. The van der Waals surface area contributed by atoms with Crippen LogP contribution in [-0.2, 0) is 9.59 Å². The number of aliphatic carboxylic acids is 2. The van der Waals surface area contributed by atoms with E-state index in [4.69, 9.17) is 10.2 Å². The van der Waals surface area contributed by atoms with E-state index in [0.717, 1.165) is 0 Å². The number of nitro groups is 2. The molecule has 0 radical (unpaired) electrons. The number of rotatable bonds is 8. The minimum atomic E-state index is -1.43. The maximum absolute atomic E-state index is 10.8. The largest absolute Gasteiger partial charge is 0.479 e. The maximum atomic E-state index is 10.8. The van der Waals surface area contributed by atoms with E-state index in [9.17, 15) is 29.8 Å². The Balaban J connectivity index is 3.31. The number of benzene rings is 1. The van der Waals surface area contributed by atoms with E-state index < -0.39 is 57.9 Å². The molecule has 0 unspecified atom stereocenters. The van der Waals surface area contributed by atoms with Crippen LogP contribution in [0.3, 0.4) is 0 Å². The molecule has 1 rings (SSSR count). The summed E-state index contributed by atoms with van der Waals surface area (Å²) in [6.45, 7) is -1.87. The van der Waals surface area contributed by atoms with Gasteiger partial charge in [-0.05, 0) is 0 Å². The summed E-state index contributed by atoms with van der Waals surface area (Å²) in [5.74, 6) is -4.06. The number of hydrogen-bond donors (Lipinski definition) is 2. The van der Waals surface area contributed by atoms with Crippen LogP contribution in [0.5, 0.6) is 11.5 Å². The Morgan fingerprint density at radius 2 is 1.27 bits per heavy atom. The van der Waals surface area contributed by atoms with Gasteiger partial charge < -0.3 is 19.7 Å². The summed E-state index contributed by atoms with van der Waals surface area (Å²) in [5.41, 5.74) is -1.70. The number of carboxylic acid groups (broad SMARTS) is 2. The summed E-state index contributed by atoms with van der Waals surface area (Å²) in [6.07, 6.45) is 0. The van der Waals surface area contributed by atoms with Gasteiger partial charge in [0.15, 0.2) is 13.2 Å². The lowest BCUT2D eigenvalue weighted by atomic mass is 10.2. The zero-order valence-corrected chi connectivity index (χ0v) is 10.6.